The molecule has 0 fully saturated rings. The Kier molecular flexibility index (Phi) is 13.1. The Bertz CT molecular complexity index is 186. The third-order valence-electron chi connectivity index (χ3n) is 2.18. The van der Waals surface area contributed by atoms with E-state index in [-0.39, 0.29) is 30.1 Å². The summed E-state index contributed by atoms with van der Waals surface area (Å²) in [5.41, 5.74) is 5.62. The van der Waals surface area contributed by atoms with E-state index in [9.17, 15) is 0 Å². The first-order valence-corrected chi connectivity index (χ1v) is 5.77. The van der Waals surface area contributed by atoms with Crippen LogP contribution in [0.15, 0.2) is 4.99 Å². The predicted molar refractivity (Wildman–Crippen MR) is 80.5 cm³/mol. The van der Waals surface area contributed by atoms with Crippen molar-refractivity contribution in [2.75, 3.05) is 19.7 Å². The fraction of sp³-hybridized carbons (Fsp3) is 0.909. The molecule has 0 amide bonds. The molecule has 4 nitrogen and oxygen atoms in total. The van der Waals surface area contributed by atoms with Crippen LogP contribution in [0.25, 0.3) is 0 Å². The number of halogens is 1. The molecule has 0 saturated carbocycles. The minimum absolute atomic E-state index is 0. The van der Waals surface area contributed by atoms with Crippen LogP contribution in [-0.4, -0.2) is 31.8 Å². The van der Waals surface area contributed by atoms with Gasteiger partial charge in [0.1, 0.15) is 0 Å². The lowest BCUT2D eigenvalue weighted by molar-refractivity contribution is 0.0266. The van der Waals surface area contributed by atoms with Crippen molar-refractivity contribution in [3.8, 4) is 0 Å². The summed E-state index contributed by atoms with van der Waals surface area (Å²) < 4.78 is 5.61. The number of nitrogens with one attached hydrogen (secondary N) is 1. The maximum absolute atomic E-state index is 5.62. The molecule has 0 spiro atoms. The molecule has 1 unspecified atom stereocenters. The van der Waals surface area contributed by atoms with Gasteiger partial charge in [0.15, 0.2) is 5.96 Å². The number of aliphatic imine (C=N–C) groups is 1. The summed E-state index contributed by atoms with van der Waals surface area (Å²) in [7, 11) is 0. The maximum atomic E-state index is 5.62. The first kappa shape index (κ1) is 18.3. The molecule has 98 valence electrons. The Morgan fingerprint density at radius 3 is 2.44 bits per heavy atom. The van der Waals surface area contributed by atoms with Crippen LogP contribution >= 0.6 is 24.0 Å². The predicted octanol–water partition coefficient (Wildman–Crippen LogP) is 1.98. The number of nitrogens with zero attached hydrogens (tertiary/aromatic N) is 1. The molecular formula is C11H26IN3O. The van der Waals surface area contributed by atoms with Crippen LogP contribution in [0.5, 0.6) is 0 Å². The van der Waals surface area contributed by atoms with Crippen LogP contribution < -0.4 is 11.1 Å². The summed E-state index contributed by atoms with van der Waals surface area (Å²) >= 11 is 0. The van der Waals surface area contributed by atoms with E-state index in [1.807, 2.05) is 13.8 Å². The lowest BCUT2D eigenvalue weighted by Gasteiger charge is -2.19. The summed E-state index contributed by atoms with van der Waals surface area (Å²) in [4.78, 5) is 4.22. The Hall–Kier alpha value is -0.0400. The number of hydrogen-bond acceptors (Lipinski definition) is 2. The third kappa shape index (κ3) is 9.21. The van der Waals surface area contributed by atoms with Crippen LogP contribution in [0, 0.1) is 5.92 Å². The minimum Gasteiger partial charge on any atom is -0.378 e. The average molecular weight is 343 g/mol. The van der Waals surface area contributed by atoms with Crippen molar-refractivity contribution in [3.05, 3.63) is 0 Å². The molecule has 0 aliphatic carbocycles. The Morgan fingerprint density at radius 2 is 2.00 bits per heavy atom. The van der Waals surface area contributed by atoms with Gasteiger partial charge in [-0.3, -0.25) is 4.99 Å². The van der Waals surface area contributed by atoms with Gasteiger partial charge >= 0.3 is 0 Å². The molecule has 0 radical (unpaired) electrons. The summed E-state index contributed by atoms with van der Waals surface area (Å²) in [6, 6.07) is 0. The highest BCUT2D eigenvalue weighted by Gasteiger charge is 2.12. The van der Waals surface area contributed by atoms with Gasteiger partial charge in [0.25, 0.3) is 0 Å². The summed E-state index contributed by atoms with van der Waals surface area (Å²) in [5, 5.41) is 2.97. The maximum Gasteiger partial charge on any atom is 0.188 e. The van der Waals surface area contributed by atoms with Crippen LogP contribution in [0.3, 0.4) is 0 Å². The molecule has 1 atom stereocenters. The first-order valence-electron chi connectivity index (χ1n) is 5.77. The van der Waals surface area contributed by atoms with Gasteiger partial charge in [-0.15, -0.1) is 24.0 Å². The van der Waals surface area contributed by atoms with E-state index < -0.39 is 0 Å². The second-order valence-electron chi connectivity index (χ2n) is 3.82. The molecule has 0 aliphatic rings. The van der Waals surface area contributed by atoms with Gasteiger partial charge in [0, 0.05) is 19.7 Å². The fourth-order valence-electron chi connectivity index (χ4n) is 1.37. The summed E-state index contributed by atoms with van der Waals surface area (Å²) in [6.45, 7) is 10.6. The van der Waals surface area contributed by atoms with Gasteiger partial charge in [-0.25, -0.2) is 0 Å². The molecule has 0 saturated heterocycles. The summed E-state index contributed by atoms with van der Waals surface area (Å²) in [5.74, 6) is 1.05. The van der Waals surface area contributed by atoms with Crippen LogP contribution in [0.4, 0.5) is 0 Å². The molecule has 0 aliphatic heterocycles. The molecule has 0 bridgehead atoms. The van der Waals surface area contributed by atoms with Crippen molar-refractivity contribution in [1.82, 2.24) is 5.32 Å². The Balaban J connectivity index is 0. The zero-order valence-electron chi connectivity index (χ0n) is 10.8. The lowest BCUT2D eigenvalue weighted by atomic mass is 10.0. The molecule has 0 aromatic carbocycles. The Labute approximate surface area is 116 Å². The van der Waals surface area contributed by atoms with Gasteiger partial charge in [-0.2, -0.15) is 0 Å². The highest BCUT2D eigenvalue weighted by Crippen LogP contribution is 2.10. The SMILES string of the molecule is CCNC(N)=NCCC(OCC)C(C)C.I. The van der Waals surface area contributed by atoms with E-state index >= 15 is 0 Å². The molecule has 0 aromatic rings. The standard InChI is InChI=1S/C11H25N3O.HI/c1-5-13-11(12)14-8-7-10(9(3)4)15-6-2;/h9-10H,5-8H2,1-4H3,(H3,12,13,14);1H. The van der Waals surface area contributed by atoms with Crippen molar-refractivity contribution >= 4 is 29.9 Å². The molecule has 0 rings (SSSR count). The van der Waals surface area contributed by atoms with Crippen LogP contribution in [0.2, 0.25) is 0 Å². The van der Waals surface area contributed by atoms with Crippen molar-refractivity contribution in [1.29, 1.82) is 0 Å². The van der Waals surface area contributed by atoms with E-state index in [4.69, 9.17) is 10.5 Å². The van der Waals surface area contributed by atoms with Crippen molar-refractivity contribution < 1.29 is 4.74 Å². The van der Waals surface area contributed by atoms with Crippen LogP contribution in [-0.2, 0) is 4.74 Å². The van der Waals surface area contributed by atoms with Crippen molar-refractivity contribution in [3.63, 3.8) is 0 Å². The highest BCUT2D eigenvalue weighted by atomic mass is 127. The largest absolute Gasteiger partial charge is 0.378 e. The van der Waals surface area contributed by atoms with Gasteiger partial charge in [-0.05, 0) is 26.2 Å². The quantitative estimate of drug-likeness (QED) is 0.422. The van der Waals surface area contributed by atoms with E-state index in [0.717, 1.165) is 26.1 Å². The normalized spacial score (nSPS) is 13.4. The van der Waals surface area contributed by atoms with Gasteiger partial charge in [-0.1, -0.05) is 13.8 Å². The topological polar surface area (TPSA) is 59.6 Å². The van der Waals surface area contributed by atoms with Crippen LogP contribution in [0.1, 0.15) is 34.1 Å². The number of guanidine groups is 1. The zero-order valence-corrected chi connectivity index (χ0v) is 13.2. The molecule has 0 heterocycles. The average Bonchev–Trinajstić information content (AvgIpc) is 2.16. The summed E-state index contributed by atoms with van der Waals surface area (Å²) in [6.07, 6.45) is 1.21. The van der Waals surface area contributed by atoms with Gasteiger partial charge in [0.05, 0.1) is 6.10 Å². The third-order valence-corrected chi connectivity index (χ3v) is 2.18. The van der Waals surface area contributed by atoms with Crippen molar-refractivity contribution in [2.45, 2.75) is 40.2 Å². The number of nitrogens with two attached hydrogens (primary N) is 1. The van der Waals surface area contributed by atoms with Crippen molar-refractivity contribution in [2.24, 2.45) is 16.6 Å². The molecule has 5 heteroatoms. The first-order chi connectivity index (χ1) is 7.11. The second-order valence-corrected chi connectivity index (χ2v) is 3.82. The molecule has 16 heavy (non-hydrogen) atoms. The fourth-order valence-corrected chi connectivity index (χ4v) is 1.37. The van der Waals surface area contributed by atoms with Gasteiger partial charge in [0.2, 0.25) is 0 Å². The smallest absolute Gasteiger partial charge is 0.188 e. The second kappa shape index (κ2) is 11.4. The molecule has 3 N–H and O–H groups in total. The van der Waals surface area contributed by atoms with Gasteiger partial charge < -0.3 is 15.8 Å². The van der Waals surface area contributed by atoms with E-state index in [2.05, 4.69) is 24.2 Å². The Morgan fingerprint density at radius 1 is 1.38 bits per heavy atom. The number of rotatable bonds is 7. The minimum atomic E-state index is 0. The van der Waals surface area contributed by atoms with E-state index in [0.29, 0.717) is 11.9 Å². The molecule has 0 aromatic heterocycles. The number of hydrogen-bond donors (Lipinski definition) is 2. The van der Waals surface area contributed by atoms with E-state index in [1.165, 1.54) is 0 Å². The highest BCUT2D eigenvalue weighted by molar-refractivity contribution is 14.0. The number of ether oxygens (including phenoxy) is 1. The molecular weight excluding hydrogens is 317 g/mol. The monoisotopic (exact) mass is 343 g/mol. The zero-order chi connectivity index (χ0) is 11.7. The lowest BCUT2D eigenvalue weighted by Crippen LogP contribution is -2.31. The van der Waals surface area contributed by atoms with E-state index in [1.54, 1.807) is 0 Å².